The third-order valence-electron chi connectivity index (χ3n) is 2.29. The Balaban J connectivity index is 1.91. The summed E-state index contributed by atoms with van der Waals surface area (Å²) in [6.07, 6.45) is 1.90. The van der Waals surface area contributed by atoms with Gasteiger partial charge in [0.25, 0.3) is 0 Å². The number of benzene rings is 1. The van der Waals surface area contributed by atoms with E-state index in [9.17, 15) is 0 Å². The summed E-state index contributed by atoms with van der Waals surface area (Å²) in [5.74, 6) is 0. The Hall–Kier alpha value is -0.610. The smallest absolute Gasteiger partial charge is 0.0897 e. The van der Waals surface area contributed by atoms with Gasteiger partial charge in [0.15, 0.2) is 0 Å². The van der Waals surface area contributed by atoms with E-state index in [0.717, 1.165) is 22.1 Å². The molecule has 0 radical (unpaired) electrons. The molecular formula is C12H12Cl2N2S. The van der Waals surface area contributed by atoms with Crippen LogP contribution in [0.5, 0.6) is 0 Å². The topological polar surface area (TPSA) is 24.9 Å². The molecular weight excluding hydrogens is 275 g/mol. The van der Waals surface area contributed by atoms with Crippen molar-refractivity contribution in [1.82, 2.24) is 10.3 Å². The minimum Gasteiger partial charge on any atom is -0.308 e. The third-order valence-corrected chi connectivity index (χ3v) is 3.81. The molecule has 1 aromatic carbocycles. The molecule has 0 aliphatic carbocycles. The molecule has 5 heteroatoms. The van der Waals surface area contributed by atoms with Crippen molar-refractivity contribution in [2.24, 2.45) is 0 Å². The maximum atomic E-state index is 6.07. The molecule has 1 heterocycles. The zero-order valence-electron chi connectivity index (χ0n) is 9.34. The van der Waals surface area contributed by atoms with Gasteiger partial charge in [0, 0.05) is 34.2 Å². The standard InChI is InChI=1S/C12H12Cl2N2S/c1-8-16-7-11(17-8)6-15-5-9-4-10(13)2-3-12(9)14/h2-4,7,15H,5-6H2,1H3. The van der Waals surface area contributed by atoms with Crippen LogP contribution in [0.4, 0.5) is 0 Å². The van der Waals surface area contributed by atoms with Crippen molar-refractivity contribution in [3.8, 4) is 0 Å². The van der Waals surface area contributed by atoms with Crippen molar-refractivity contribution >= 4 is 34.5 Å². The number of aryl methyl sites for hydroxylation is 1. The summed E-state index contributed by atoms with van der Waals surface area (Å²) in [5, 5.41) is 5.86. The first kappa shape index (κ1) is 12.8. The van der Waals surface area contributed by atoms with E-state index in [1.54, 1.807) is 17.4 Å². The second-order valence-electron chi connectivity index (χ2n) is 3.68. The molecule has 17 heavy (non-hydrogen) atoms. The number of hydrogen-bond acceptors (Lipinski definition) is 3. The summed E-state index contributed by atoms with van der Waals surface area (Å²) in [4.78, 5) is 5.43. The van der Waals surface area contributed by atoms with E-state index < -0.39 is 0 Å². The first-order chi connectivity index (χ1) is 8.15. The van der Waals surface area contributed by atoms with Crippen LogP contribution in [0.25, 0.3) is 0 Å². The van der Waals surface area contributed by atoms with Crippen molar-refractivity contribution in [2.75, 3.05) is 0 Å². The van der Waals surface area contributed by atoms with Crippen LogP contribution >= 0.6 is 34.5 Å². The Bertz CT molecular complexity index is 511. The van der Waals surface area contributed by atoms with Crippen LogP contribution in [0.2, 0.25) is 10.0 Å². The number of rotatable bonds is 4. The SMILES string of the molecule is Cc1ncc(CNCc2cc(Cl)ccc2Cl)s1. The van der Waals surface area contributed by atoms with Gasteiger partial charge in [-0.2, -0.15) is 0 Å². The Morgan fingerprint density at radius 2 is 2.12 bits per heavy atom. The average Bonchev–Trinajstić information content (AvgIpc) is 2.69. The number of thiazole rings is 1. The van der Waals surface area contributed by atoms with Crippen molar-refractivity contribution in [3.05, 3.63) is 49.9 Å². The number of aromatic nitrogens is 1. The fourth-order valence-corrected chi connectivity index (χ4v) is 2.63. The molecule has 0 amide bonds. The van der Waals surface area contributed by atoms with Gasteiger partial charge < -0.3 is 5.32 Å². The zero-order valence-corrected chi connectivity index (χ0v) is 11.7. The Kier molecular flexibility index (Phi) is 4.40. The lowest BCUT2D eigenvalue weighted by atomic mass is 10.2. The molecule has 2 rings (SSSR count). The Morgan fingerprint density at radius 3 is 2.82 bits per heavy atom. The van der Waals surface area contributed by atoms with Crippen molar-refractivity contribution in [2.45, 2.75) is 20.0 Å². The minimum absolute atomic E-state index is 0.705. The molecule has 0 saturated heterocycles. The van der Waals surface area contributed by atoms with Gasteiger partial charge >= 0.3 is 0 Å². The predicted molar refractivity (Wildman–Crippen MR) is 73.9 cm³/mol. The summed E-state index contributed by atoms with van der Waals surface area (Å²) in [7, 11) is 0. The van der Waals surface area contributed by atoms with E-state index in [2.05, 4.69) is 10.3 Å². The average molecular weight is 287 g/mol. The highest BCUT2D eigenvalue weighted by Gasteiger charge is 2.02. The van der Waals surface area contributed by atoms with Crippen molar-refractivity contribution < 1.29 is 0 Å². The van der Waals surface area contributed by atoms with Crippen LogP contribution in [0.3, 0.4) is 0 Å². The van der Waals surface area contributed by atoms with Crippen LogP contribution in [0.1, 0.15) is 15.4 Å². The molecule has 0 unspecified atom stereocenters. The summed E-state index contributed by atoms with van der Waals surface area (Å²) in [6, 6.07) is 5.49. The number of halogens is 2. The molecule has 0 fully saturated rings. The molecule has 2 nitrogen and oxygen atoms in total. The zero-order chi connectivity index (χ0) is 12.3. The maximum absolute atomic E-state index is 6.07. The molecule has 1 N–H and O–H groups in total. The van der Waals surface area contributed by atoms with Crippen LogP contribution in [0, 0.1) is 6.92 Å². The van der Waals surface area contributed by atoms with Crippen LogP contribution in [-0.2, 0) is 13.1 Å². The van der Waals surface area contributed by atoms with Crippen molar-refractivity contribution in [1.29, 1.82) is 0 Å². The van der Waals surface area contributed by atoms with Gasteiger partial charge in [-0.3, -0.25) is 0 Å². The molecule has 2 aromatic rings. The quantitative estimate of drug-likeness (QED) is 0.917. The van der Waals surface area contributed by atoms with Gasteiger partial charge in [0.2, 0.25) is 0 Å². The highest BCUT2D eigenvalue weighted by Crippen LogP contribution is 2.20. The minimum atomic E-state index is 0.705. The van der Waals surface area contributed by atoms with Crippen LogP contribution < -0.4 is 5.32 Å². The molecule has 1 aromatic heterocycles. The van der Waals surface area contributed by atoms with E-state index >= 15 is 0 Å². The van der Waals surface area contributed by atoms with E-state index in [4.69, 9.17) is 23.2 Å². The van der Waals surface area contributed by atoms with Crippen molar-refractivity contribution in [3.63, 3.8) is 0 Å². The predicted octanol–water partition coefficient (Wildman–Crippen LogP) is 4.05. The molecule has 0 spiro atoms. The van der Waals surface area contributed by atoms with Gasteiger partial charge in [-0.25, -0.2) is 4.98 Å². The van der Waals surface area contributed by atoms with E-state index in [1.165, 1.54) is 4.88 Å². The molecule has 0 saturated carbocycles. The van der Waals surface area contributed by atoms with E-state index in [1.807, 2.05) is 25.3 Å². The second-order valence-corrected chi connectivity index (χ2v) is 5.85. The third kappa shape index (κ3) is 3.68. The first-order valence-corrected chi connectivity index (χ1v) is 6.78. The monoisotopic (exact) mass is 286 g/mol. The van der Waals surface area contributed by atoms with Gasteiger partial charge in [-0.15, -0.1) is 11.3 Å². The summed E-state index contributed by atoms with van der Waals surface area (Å²) in [5.41, 5.74) is 1.01. The van der Waals surface area contributed by atoms with Gasteiger partial charge in [-0.05, 0) is 30.7 Å². The largest absolute Gasteiger partial charge is 0.308 e. The maximum Gasteiger partial charge on any atom is 0.0897 e. The molecule has 90 valence electrons. The normalized spacial score (nSPS) is 10.8. The number of hydrogen-bond donors (Lipinski definition) is 1. The number of nitrogens with one attached hydrogen (secondary N) is 1. The first-order valence-electron chi connectivity index (χ1n) is 5.21. The van der Waals surface area contributed by atoms with Crippen LogP contribution in [0.15, 0.2) is 24.4 Å². The fourth-order valence-electron chi connectivity index (χ4n) is 1.49. The fraction of sp³-hybridized carbons (Fsp3) is 0.250. The Labute approximate surface area is 115 Å². The van der Waals surface area contributed by atoms with E-state index in [-0.39, 0.29) is 0 Å². The van der Waals surface area contributed by atoms with Gasteiger partial charge in [-0.1, -0.05) is 23.2 Å². The second kappa shape index (κ2) is 5.83. The lowest BCUT2D eigenvalue weighted by Gasteiger charge is -2.06. The van der Waals surface area contributed by atoms with Gasteiger partial charge in [0.1, 0.15) is 0 Å². The lowest BCUT2D eigenvalue weighted by Crippen LogP contribution is -2.12. The summed E-state index contributed by atoms with van der Waals surface area (Å²) < 4.78 is 0. The highest BCUT2D eigenvalue weighted by atomic mass is 35.5. The summed E-state index contributed by atoms with van der Waals surface area (Å²) in [6.45, 7) is 3.51. The summed E-state index contributed by atoms with van der Waals surface area (Å²) >= 11 is 13.7. The highest BCUT2D eigenvalue weighted by molar-refractivity contribution is 7.11. The molecule has 0 aliphatic rings. The molecule has 0 atom stereocenters. The van der Waals surface area contributed by atoms with Gasteiger partial charge in [0.05, 0.1) is 5.01 Å². The van der Waals surface area contributed by atoms with Crippen LogP contribution in [-0.4, -0.2) is 4.98 Å². The van der Waals surface area contributed by atoms with E-state index in [0.29, 0.717) is 11.6 Å². The molecule has 0 aliphatic heterocycles. The molecule has 0 bridgehead atoms. The Morgan fingerprint density at radius 1 is 1.29 bits per heavy atom. The number of nitrogens with zero attached hydrogens (tertiary/aromatic N) is 1. The lowest BCUT2D eigenvalue weighted by molar-refractivity contribution is 0.700.